The Kier molecular flexibility index (Phi) is 4.98. The summed E-state index contributed by atoms with van der Waals surface area (Å²) in [7, 11) is 1.59. The molecule has 1 aliphatic heterocycles. The van der Waals surface area contributed by atoms with Crippen molar-refractivity contribution in [2.45, 2.75) is 12.0 Å². The summed E-state index contributed by atoms with van der Waals surface area (Å²) in [5.74, 6) is -1.56. The van der Waals surface area contributed by atoms with Crippen LogP contribution in [0.5, 0.6) is 5.75 Å². The number of hydrogen-bond donors (Lipinski definition) is 1. The molecule has 1 amide bonds. The maximum absolute atomic E-state index is 12.7. The van der Waals surface area contributed by atoms with Gasteiger partial charge in [-0.1, -0.05) is 24.3 Å². The van der Waals surface area contributed by atoms with E-state index in [1.165, 1.54) is 9.58 Å². The lowest BCUT2D eigenvalue weighted by Crippen LogP contribution is -2.45. The number of aromatic hydroxyl groups is 1. The summed E-state index contributed by atoms with van der Waals surface area (Å²) in [5.41, 5.74) is 1.60. The summed E-state index contributed by atoms with van der Waals surface area (Å²) >= 11 is 0. The number of rotatable bonds is 3. The molecule has 0 bridgehead atoms. The molecule has 1 aromatic heterocycles. The van der Waals surface area contributed by atoms with Crippen molar-refractivity contribution in [2.24, 2.45) is 0 Å². The molecule has 152 valence electrons. The van der Waals surface area contributed by atoms with Crippen LogP contribution in [0.1, 0.15) is 44.7 Å². The number of aromatic nitrogens is 2. The van der Waals surface area contributed by atoms with Crippen molar-refractivity contribution in [2.75, 3.05) is 13.6 Å². The first-order valence-corrected chi connectivity index (χ1v) is 9.51. The van der Waals surface area contributed by atoms with Gasteiger partial charge in [0, 0.05) is 19.5 Å². The van der Waals surface area contributed by atoms with Crippen molar-refractivity contribution in [3.8, 4) is 17.9 Å². The van der Waals surface area contributed by atoms with Crippen molar-refractivity contribution < 1.29 is 9.90 Å². The van der Waals surface area contributed by atoms with Crippen molar-refractivity contribution in [3.63, 3.8) is 0 Å². The summed E-state index contributed by atoms with van der Waals surface area (Å²) in [6.45, 7) is 0.249. The highest BCUT2D eigenvalue weighted by Gasteiger charge is 2.38. The number of fused-ring (bicyclic) bond motifs is 1. The van der Waals surface area contributed by atoms with Crippen LogP contribution in [0.4, 0.5) is 0 Å². The molecule has 0 spiro atoms. The Labute approximate surface area is 177 Å². The van der Waals surface area contributed by atoms with Gasteiger partial charge in [0.1, 0.15) is 0 Å². The van der Waals surface area contributed by atoms with Crippen LogP contribution in [0.15, 0.2) is 59.5 Å². The van der Waals surface area contributed by atoms with Gasteiger partial charge >= 0.3 is 0 Å². The first-order chi connectivity index (χ1) is 14.9. The Hall–Kier alpha value is -4.43. The second-order valence-electron chi connectivity index (χ2n) is 7.36. The van der Waals surface area contributed by atoms with Crippen LogP contribution in [-0.4, -0.2) is 39.3 Å². The third-order valence-corrected chi connectivity index (χ3v) is 5.44. The summed E-state index contributed by atoms with van der Waals surface area (Å²) in [4.78, 5) is 26.1. The minimum absolute atomic E-state index is 0.177. The molecule has 4 rings (SSSR count). The molecular formula is C23H17N5O3. The third kappa shape index (κ3) is 3.41. The standard InChI is InChI=1S/C23H17N5O3/c1-27-13-18(28-21(23(27)31)22(30)19(29)12-26-28)20(16-6-2-4-14(8-16)10-24)17-7-3-5-15(9-17)11-25/h2-9,12,18,20,30H,13H2,1H3. The Morgan fingerprint density at radius 2 is 1.65 bits per heavy atom. The average molecular weight is 411 g/mol. The number of likely N-dealkylation sites (N-methyl/N-ethyl adjacent to an activating group) is 1. The van der Waals surface area contributed by atoms with Gasteiger partial charge in [0.25, 0.3) is 5.91 Å². The number of carbonyl (C=O) groups excluding carboxylic acids is 1. The second-order valence-corrected chi connectivity index (χ2v) is 7.36. The summed E-state index contributed by atoms with van der Waals surface area (Å²) in [5, 5.41) is 33.3. The van der Waals surface area contributed by atoms with Crippen LogP contribution in [0.3, 0.4) is 0 Å². The Morgan fingerprint density at radius 1 is 1.06 bits per heavy atom. The Bertz CT molecular complexity index is 1270. The number of amides is 1. The molecule has 0 fully saturated rings. The largest absolute Gasteiger partial charge is 0.502 e. The van der Waals surface area contributed by atoms with Crippen molar-refractivity contribution in [1.29, 1.82) is 10.5 Å². The minimum atomic E-state index is -0.733. The monoisotopic (exact) mass is 411 g/mol. The quantitative estimate of drug-likeness (QED) is 0.704. The highest BCUT2D eigenvalue weighted by atomic mass is 16.3. The lowest BCUT2D eigenvalue weighted by molar-refractivity contribution is 0.0686. The molecule has 8 nitrogen and oxygen atoms in total. The van der Waals surface area contributed by atoms with E-state index >= 15 is 0 Å². The van der Waals surface area contributed by atoms with E-state index in [1.807, 2.05) is 12.1 Å². The van der Waals surface area contributed by atoms with Gasteiger partial charge in [-0.2, -0.15) is 15.6 Å². The predicted molar refractivity (Wildman–Crippen MR) is 110 cm³/mol. The van der Waals surface area contributed by atoms with E-state index in [9.17, 15) is 25.2 Å². The summed E-state index contributed by atoms with van der Waals surface area (Å²) in [6.07, 6.45) is 0.985. The van der Waals surface area contributed by atoms with E-state index in [-0.39, 0.29) is 12.2 Å². The zero-order valence-electron chi connectivity index (χ0n) is 16.6. The van der Waals surface area contributed by atoms with Crippen molar-refractivity contribution >= 4 is 5.91 Å². The summed E-state index contributed by atoms with van der Waals surface area (Å²) < 4.78 is 1.38. The fourth-order valence-electron chi connectivity index (χ4n) is 4.02. The highest BCUT2D eigenvalue weighted by Crippen LogP contribution is 2.39. The smallest absolute Gasteiger partial charge is 0.275 e. The van der Waals surface area contributed by atoms with Gasteiger partial charge in [-0.3, -0.25) is 14.3 Å². The normalized spacial score (nSPS) is 15.3. The molecule has 0 radical (unpaired) electrons. The van der Waals surface area contributed by atoms with E-state index in [2.05, 4.69) is 17.2 Å². The third-order valence-electron chi connectivity index (χ3n) is 5.44. The van der Waals surface area contributed by atoms with Gasteiger partial charge in [0.05, 0.1) is 35.5 Å². The van der Waals surface area contributed by atoms with E-state index in [1.54, 1.807) is 43.4 Å². The fraction of sp³-hybridized carbons (Fsp3) is 0.174. The molecule has 31 heavy (non-hydrogen) atoms. The number of nitriles is 2. The van der Waals surface area contributed by atoms with Gasteiger partial charge < -0.3 is 10.0 Å². The number of carbonyl (C=O) groups is 1. The molecule has 1 aliphatic rings. The van der Waals surface area contributed by atoms with Crippen molar-refractivity contribution in [1.82, 2.24) is 14.7 Å². The van der Waals surface area contributed by atoms with Crippen molar-refractivity contribution in [3.05, 3.63) is 92.9 Å². The maximum atomic E-state index is 12.7. The van der Waals surface area contributed by atoms with Gasteiger partial charge in [-0.25, -0.2) is 0 Å². The van der Waals surface area contributed by atoms with Gasteiger partial charge in [-0.05, 0) is 35.4 Å². The van der Waals surface area contributed by atoms with Crippen LogP contribution in [0.25, 0.3) is 0 Å². The molecule has 0 saturated heterocycles. The molecule has 0 saturated carbocycles. The molecule has 3 aromatic rings. The Morgan fingerprint density at radius 3 is 2.19 bits per heavy atom. The van der Waals surface area contributed by atoms with E-state index in [0.29, 0.717) is 11.1 Å². The van der Waals surface area contributed by atoms with Crippen LogP contribution in [0.2, 0.25) is 0 Å². The fourth-order valence-corrected chi connectivity index (χ4v) is 4.02. The summed E-state index contributed by atoms with van der Waals surface area (Å²) in [6, 6.07) is 17.9. The molecule has 1 unspecified atom stereocenters. The molecule has 2 aromatic carbocycles. The molecule has 1 atom stereocenters. The van der Waals surface area contributed by atoms with Crippen LogP contribution in [0, 0.1) is 22.7 Å². The lowest BCUT2D eigenvalue weighted by atomic mass is 9.82. The van der Waals surface area contributed by atoms with Gasteiger partial charge in [0.15, 0.2) is 11.4 Å². The van der Waals surface area contributed by atoms with Gasteiger partial charge in [-0.15, -0.1) is 0 Å². The Balaban J connectivity index is 1.98. The number of benzene rings is 2. The molecule has 8 heteroatoms. The SMILES string of the molecule is CN1CC(C(c2cccc(C#N)c2)c2cccc(C#N)c2)n2ncc(=O)c(O)c2C1=O. The average Bonchev–Trinajstić information content (AvgIpc) is 2.79. The first-order valence-electron chi connectivity index (χ1n) is 9.51. The zero-order chi connectivity index (χ0) is 22.1. The van der Waals surface area contributed by atoms with E-state index < -0.39 is 29.0 Å². The highest BCUT2D eigenvalue weighted by molar-refractivity contribution is 5.95. The molecule has 1 N–H and O–H groups in total. The zero-order valence-corrected chi connectivity index (χ0v) is 16.6. The lowest BCUT2D eigenvalue weighted by Gasteiger charge is -2.37. The molecule has 2 heterocycles. The molecule has 0 aliphatic carbocycles. The van der Waals surface area contributed by atoms with Crippen LogP contribution >= 0.6 is 0 Å². The first kappa shape index (κ1) is 19.9. The van der Waals surface area contributed by atoms with Crippen LogP contribution < -0.4 is 5.43 Å². The number of nitrogens with zero attached hydrogens (tertiary/aromatic N) is 5. The minimum Gasteiger partial charge on any atom is -0.502 e. The van der Waals surface area contributed by atoms with E-state index in [0.717, 1.165) is 17.3 Å². The second kappa shape index (κ2) is 7.77. The topological polar surface area (TPSA) is 123 Å². The molecular weight excluding hydrogens is 394 g/mol. The van der Waals surface area contributed by atoms with Gasteiger partial charge in [0.2, 0.25) is 5.43 Å². The maximum Gasteiger partial charge on any atom is 0.275 e. The van der Waals surface area contributed by atoms with E-state index in [4.69, 9.17) is 0 Å². The van der Waals surface area contributed by atoms with Crippen LogP contribution in [-0.2, 0) is 0 Å². The predicted octanol–water partition coefficient (Wildman–Crippen LogP) is 2.15. The number of hydrogen-bond acceptors (Lipinski definition) is 6.